The molecule has 0 radical (unpaired) electrons. The molecule has 108 valence electrons. The van der Waals surface area contributed by atoms with Crippen molar-refractivity contribution in [3.8, 4) is 0 Å². The maximum atomic E-state index is 13.1. The molecule has 0 saturated carbocycles. The zero-order valence-corrected chi connectivity index (χ0v) is 12.2. The van der Waals surface area contributed by atoms with E-state index in [-0.39, 0.29) is 11.3 Å². The van der Waals surface area contributed by atoms with Gasteiger partial charge in [0.15, 0.2) is 0 Å². The van der Waals surface area contributed by atoms with E-state index in [0.29, 0.717) is 16.9 Å². The van der Waals surface area contributed by atoms with Crippen molar-refractivity contribution >= 4 is 11.8 Å². The van der Waals surface area contributed by atoms with Crippen LogP contribution in [0.4, 0.5) is 13.2 Å². The van der Waals surface area contributed by atoms with E-state index in [1.807, 2.05) is 13.8 Å². The number of hydrogen-bond acceptors (Lipinski definition) is 2. The van der Waals surface area contributed by atoms with Gasteiger partial charge >= 0.3 is 6.18 Å². The summed E-state index contributed by atoms with van der Waals surface area (Å²) in [5.41, 5.74) is 5.73. The Hall–Kier alpha value is -0.680. The van der Waals surface area contributed by atoms with Crippen LogP contribution in [0.3, 0.4) is 0 Å². The van der Waals surface area contributed by atoms with E-state index in [9.17, 15) is 13.2 Å². The lowest BCUT2D eigenvalue weighted by atomic mass is 10.0. The molecule has 0 aliphatic carbocycles. The molecule has 0 aliphatic heterocycles. The average Bonchev–Trinajstić information content (AvgIpc) is 2.28. The Morgan fingerprint density at radius 2 is 1.89 bits per heavy atom. The summed E-state index contributed by atoms with van der Waals surface area (Å²) in [7, 11) is 0. The van der Waals surface area contributed by atoms with Crippen LogP contribution < -0.4 is 5.73 Å². The summed E-state index contributed by atoms with van der Waals surface area (Å²) in [6.45, 7) is 5.69. The molecule has 0 heterocycles. The molecule has 0 bridgehead atoms. The zero-order valence-electron chi connectivity index (χ0n) is 11.4. The highest BCUT2D eigenvalue weighted by Gasteiger charge is 2.34. The number of hydrogen-bond donors (Lipinski definition) is 1. The van der Waals surface area contributed by atoms with E-state index in [0.717, 1.165) is 6.42 Å². The molecule has 0 spiro atoms. The standard InChI is InChI=1S/C14H20F3NS/c1-4-10(3)19-13-6-5-11(7-9(2)18)8-12(13)14(15,16)17/h5-6,8-10H,4,7,18H2,1-3H3. The first-order valence-electron chi connectivity index (χ1n) is 6.36. The van der Waals surface area contributed by atoms with Crippen LogP contribution in [0.5, 0.6) is 0 Å². The van der Waals surface area contributed by atoms with Crippen molar-refractivity contribution in [1.29, 1.82) is 0 Å². The fourth-order valence-corrected chi connectivity index (χ4v) is 2.75. The van der Waals surface area contributed by atoms with E-state index in [1.54, 1.807) is 19.1 Å². The highest BCUT2D eigenvalue weighted by atomic mass is 32.2. The highest BCUT2D eigenvalue weighted by molar-refractivity contribution is 8.00. The van der Waals surface area contributed by atoms with Gasteiger partial charge in [0, 0.05) is 16.2 Å². The van der Waals surface area contributed by atoms with Gasteiger partial charge in [0.25, 0.3) is 0 Å². The van der Waals surface area contributed by atoms with Crippen molar-refractivity contribution in [1.82, 2.24) is 0 Å². The predicted molar refractivity (Wildman–Crippen MR) is 74.4 cm³/mol. The molecule has 1 rings (SSSR count). The molecule has 1 nitrogen and oxygen atoms in total. The van der Waals surface area contributed by atoms with Gasteiger partial charge in [-0.25, -0.2) is 0 Å². The number of thioether (sulfide) groups is 1. The first-order chi connectivity index (χ1) is 8.74. The lowest BCUT2D eigenvalue weighted by Gasteiger charge is -2.17. The number of rotatable bonds is 5. The van der Waals surface area contributed by atoms with Crippen LogP contribution in [0, 0.1) is 0 Å². The van der Waals surface area contributed by atoms with Crippen molar-refractivity contribution in [3.05, 3.63) is 29.3 Å². The van der Waals surface area contributed by atoms with Gasteiger partial charge in [-0.05, 0) is 37.5 Å². The normalized spacial score (nSPS) is 15.3. The molecule has 5 heteroatoms. The molecular formula is C14H20F3NS. The molecule has 0 amide bonds. The quantitative estimate of drug-likeness (QED) is 0.809. The Bertz CT molecular complexity index is 416. The molecule has 0 aliphatic rings. The predicted octanol–water partition coefficient (Wildman–Crippen LogP) is 4.49. The van der Waals surface area contributed by atoms with Crippen molar-refractivity contribution in [3.63, 3.8) is 0 Å². The first kappa shape index (κ1) is 16.4. The zero-order chi connectivity index (χ0) is 14.6. The molecule has 1 aromatic rings. The largest absolute Gasteiger partial charge is 0.417 e. The Morgan fingerprint density at radius 1 is 1.26 bits per heavy atom. The molecule has 0 saturated heterocycles. The number of nitrogens with two attached hydrogens (primary N) is 1. The summed E-state index contributed by atoms with van der Waals surface area (Å²) in [6.07, 6.45) is -3.02. The third kappa shape index (κ3) is 5.07. The maximum Gasteiger partial charge on any atom is 0.417 e. The van der Waals surface area contributed by atoms with Crippen LogP contribution in [0.15, 0.2) is 23.1 Å². The summed E-state index contributed by atoms with van der Waals surface area (Å²) in [4.78, 5) is 0.301. The monoisotopic (exact) mass is 291 g/mol. The fraction of sp³-hybridized carbons (Fsp3) is 0.571. The van der Waals surface area contributed by atoms with Gasteiger partial charge in [-0.15, -0.1) is 11.8 Å². The second-order valence-electron chi connectivity index (χ2n) is 4.85. The minimum absolute atomic E-state index is 0.144. The SMILES string of the molecule is CCC(C)Sc1ccc(CC(C)N)cc1C(F)(F)F. The molecule has 2 unspecified atom stereocenters. The van der Waals surface area contributed by atoms with Crippen LogP contribution in [-0.2, 0) is 12.6 Å². The Balaban J connectivity index is 3.10. The fourth-order valence-electron chi connectivity index (χ4n) is 1.70. The highest BCUT2D eigenvalue weighted by Crippen LogP contribution is 2.39. The summed E-state index contributed by atoms with van der Waals surface area (Å²) >= 11 is 1.27. The summed E-state index contributed by atoms with van der Waals surface area (Å²) < 4.78 is 39.2. The minimum Gasteiger partial charge on any atom is -0.328 e. The topological polar surface area (TPSA) is 26.0 Å². The van der Waals surface area contributed by atoms with Crippen molar-refractivity contribution in [2.45, 2.75) is 56.0 Å². The van der Waals surface area contributed by atoms with Gasteiger partial charge in [-0.3, -0.25) is 0 Å². The van der Waals surface area contributed by atoms with Crippen LogP contribution >= 0.6 is 11.8 Å². The van der Waals surface area contributed by atoms with Gasteiger partial charge in [-0.2, -0.15) is 13.2 Å². The third-order valence-corrected chi connectivity index (χ3v) is 4.16. The third-order valence-electron chi connectivity index (χ3n) is 2.81. The molecular weight excluding hydrogens is 271 g/mol. The van der Waals surface area contributed by atoms with E-state index in [4.69, 9.17) is 5.73 Å². The van der Waals surface area contributed by atoms with Gasteiger partial charge in [0.1, 0.15) is 0 Å². The van der Waals surface area contributed by atoms with Crippen molar-refractivity contribution in [2.24, 2.45) is 5.73 Å². The molecule has 2 atom stereocenters. The smallest absolute Gasteiger partial charge is 0.328 e. The van der Waals surface area contributed by atoms with Crippen molar-refractivity contribution in [2.75, 3.05) is 0 Å². The second-order valence-corrected chi connectivity index (χ2v) is 6.33. The summed E-state index contributed by atoms with van der Waals surface area (Å²) in [5, 5.41) is 0.167. The second kappa shape index (κ2) is 6.66. The van der Waals surface area contributed by atoms with E-state index in [1.165, 1.54) is 17.8 Å². The summed E-state index contributed by atoms with van der Waals surface area (Å²) in [5.74, 6) is 0. The Labute approximate surface area is 116 Å². The molecule has 1 aromatic carbocycles. The first-order valence-corrected chi connectivity index (χ1v) is 7.24. The maximum absolute atomic E-state index is 13.1. The van der Waals surface area contributed by atoms with E-state index in [2.05, 4.69) is 0 Å². The van der Waals surface area contributed by atoms with Crippen molar-refractivity contribution < 1.29 is 13.2 Å². The molecule has 2 N–H and O–H groups in total. The lowest BCUT2D eigenvalue weighted by Crippen LogP contribution is -2.18. The van der Waals surface area contributed by atoms with E-state index < -0.39 is 11.7 Å². The van der Waals surface area contributed by atoms with Gasteiger partial charge < -0.3 is 5.73 Å². The van der Waals surface area contributed by atoms with Gasteiger partial charge in [0.2, 0.25) is 0 Å². The molecule has 0 fully saturated rings. The van der Waals surface area contributed by atoms with Crippen LogP contribution in [0.1, 0.15) is 38.3 Å². The number of halogens is 3. The summed E-state index contributed by atoms with van der Waals surface area (Å²) in [6, 6.07) is 4.39. The molecule has 0 aromatic heterocycles. The van der Waals surface area contributed by atoms with Crippen LogP contribution in [0.25, 0.3) is 0 Å². The molecule has 19 heavy (non-hydrogen) atoms. The minimum atomic E-state index is -4.32. The van der Waals surface area contributed by atoms with E-state index >= 15 is 0 Å². The van der Waals surface area contributed by atoms with Gasteiger partial charge in [-0.1, -0.05) is 19.9 Å². The lowest BCUT2D eigenvalue weighted by molar-refractivity contribution is -0.139. The van der Waals surface area contributed by atoms with Crippen LogP contribution in [-0.4, -0.2) is 11.3 Å². The number of alkyl halides is 3. The Kier molecular flexibility index (Phi) is 5.74. The average molecular weight is 291 g/mol. The van der Waals surface area contributed by atoms with Gasteiger partial charge in [0.05, 0.1) is 5.56 Å². The Morgan fingerprint density at radius 3 is 2.37 bits per heavy atom. The number of benzene rings is 1. The van der Waals surface area contributed by atoms with Crippen LogP contribution in [0.2, 0.25) is 0 Å².